The number of fused-ring (bicyclic) bond motifs is 1. The maximum atomic E-state index is 13.4. The Bertz CT molecular complexity index is 2380. The molecule has 2 fully saturated rings. The van der Waals surface area contributed by atoms with Gasteiger partial charge in [0.1, 0.15) is 30.4 Å². The molecular formula is C43H45N11O5. The van der Waals surface area contributed by atoms with Crippen LogP contribution >= 0.6 is 0 Å². The van der Waals surface area contributed by atoms with E-state index in [0.717, 1.165) is 55.2 Å². The summed E-state index contributed by atoms with van der Waals surface area (Å²) in [5, 5.41) is 17.3. The zero-order chi connectivity index (χ0) is 40.9. The number of hydrogen-bond acceptors (Lipinski definition) is 12. The average molecular weight is 796 g/mol. The third-order valence-electron chi connectivity index (χ3n) is 11.0. The maximum absolute atomic E-state index is 13.4. The first kappa shape index (κ1) is 38.9. The van der Waals surface area contributed by atoms with E-state index in [1.807, 2.05) is 60.1 Å². The molecule has 0 spiro atoms. The fourth-order valence-corrected chi connectivity index (χ4v) is 7.69. The molecule has 3 aliphatic rings. The zero-order valence-corrected chi connectivity index (χ0v) is 32.7. The Morgan fingerprint density at radius 2 is 1.86 bits per heavy atom. The van der Waals surface area contributed by atoms with E-state index in [2.05, 4.69) is 58.6 Å². The lowest BCUT2D eigenvalue weighted by Crippen LogP contribution is -2.52. The van der Waals surface area contributed by atoms with E-state index in [4.69, 9.17) is 4.74 Å². The predicted molar refractivity (Wildman–Crippen MR) is 219 cm³/mol. The molecule has 0 radical (unpaired) electrons. The summed E-state index contributed by atoms with van der Waals surface area (Å²) in [4.78, 5) is 65.1. The minimum atomic E-state index is -0.624. The molecule has 0 bridgehead atoms. The highest BCUT2D eigenvalue weighted by Gasteiger charge is 2.39. The van der Waals surface area contributed by atoms with Crippen LogP contribution in [-0.4, -0.2) is 104 Å². The molecule has 5 aromatic rings. The van der Waals surface area contributed by atoms with Crippen LogP contribution in [0.1, 0.15) is 56.6 Å². The summed E-state index contributed by atoms with van der Waals surface area (Å²) < 4.78 is 8.05. The lowest BCUT2D eigenvalue weighted by atomic mass is 10.0. The van der Waals surface area contributed by atoms with Gasteiger partial charge in [-0.05, 0) is 72.1 Å². The van der Waals surface area contributed by atoms with Crippen molar-refractivity contribution in [3.8, 4) is 17.3 Å². The van der Waals surface area contributed by atoms with Gasteiger partial charge in [0.25, 0.3) is 11.8 Å². The van der Waals surface area contributed by atoms with Crippen LogP contribution in [0.25, 0.3) is 11.5 Å². The highest BCUT2D eigenvalue weighted by molar-refractivity contribution is 6.05. The first-order valence-electron chi connectivity index (χ1n) is 19.6. The molecule has 4 amide bonds. The number of hydrogen-bond donors (Lipinski definition) is 3. The fraction of sp³-hybridized carbons (Fsp3) is 0.302. The van der Waals surface area contributed by atoms with Crippen molar-refractivity contribution in [3.63, 3.8) is 0 Å². The summed E-state index contributed by atoms with van der Waals surface area (Å²) in [6.45, 7) is 9.36. The quantitative estimate of drug-likeness (QED) is 0.110. The van der Waals surface area contributed by atoms with E-state index in [0.29, 0.717) is 60.3 Å². The Hall–Kier alpha value is -6.94. The van der Waals surface area contributed by atoms with E-state index < -0.39 is 18.0 Å². The molecule has 302 valence electrons. The molecule has 16 heteroatoms. The third kappa shape index (κ3) is 8.67. The molecule has 2 saturated heterocycles. The first-order valence-corrected chi connectivity index (χ1v) is 19.6. The van der Waals surface area contributed by atoms with E-state index in [1.54, 1.807) is 35.4 Å². The number of carbonyl (C=O) groups excluding carboxylic acids is 4. The van der Waals surface area contributed by atoms with E-state index >= 15 is 0 Å². The van der Waals surface area contributed by atoms with Crippen molar-refractivity contribution in [2.45, 2.75) is 38.0 Å². The number of imide groups is 1. The second-order valence-electron chi connectivity index (χ2n) is 14.7. The molecular weight excluding hydrogens is 751 g/mol. The smallest absolute Gasteiger partial charge is 0.255 e. The van der Waals surface area contributed by atoms with Gasteiger partial charge in [-0.3, -0.25) is 29.4 Å². The number of aromatic nitrogens is 5. The van der Waals surface area contributed by atoms with Gasteiger partial charge < -0.3 is 29.7 Å². The van der Waals surface area contributed by atoms with Gasteiger partial charge in [-0.1, -0.05) is 24.3 Å². The molecule has 0 saturated carbocycles. The summed E-state index contributed by atoms with van der Waals surface area (Å²) in [7, 11) is 1.88. The average Bonchev–Trinajstić information content (AvgIpc) is 3.80. The molecule has 16 nitrogen and oxygen atoms in total. The van der Waals surface area contributed by atoms with Gasteiger partial charge in [0.05, 0.1) is 12.6 Å². The van der Waals surface area contributed by atoms with Crippen molar-refractivity contribution < 1.29 is 23.9 Å². The first-order chi connectivity index (χ1) is 28.7. The number of carbonyl (C=O) groups is 4. The van der Waals surface area contributed by atoms with Crippen LogP contribution in [0.15, 0.2) is 98.0 Å². The molecule has 3 N–H and O–H groups in total. The van der Waals surface area contributed by atoms with Crippen LogP contribution in [0.5, 0.6) is 5.75 Å². The van der Waals surface area contributed by atoms with Gasteiger partial charge >= 0.3 is 0 Å². The van der Waals surface area contributed by atoms with Gasteiger partial charge in [0.15, 0.2) is 11.6 Å². The molecule has 0 aliphatic carbocycles. The van der Waals surface area contributed by atoms with Crippen molar-refractivity contribution in [1.82, 2.24) is 45.2 Å². The summed E-state index contributed by atoms with van der Waals surface area (Å²) in [6.07, 6.45) is 5.41. The van der Waals surface area contributed by atoms with Crippen LogP contribution in [0.2, 0.25) is 0 Å². The van der Waals surface area contributed by atoms with Crippen molar-refractivity contribution >= 4 is 35.0 Å². The van der Waals surface area contributed by atoms with E-state index in [1.165, 1.54) is 6.33 Å². The highest BCUT2D eigenvalue weighted by Crippen LogP contribution is 2.31. The summed E-state index contributed by atoms with van der Waals surface area (Å²) in [5.74, 6) is 0.948. The Morgan fingerprint density at radius 1 is 1.02 bits per heavy atom. The second-order valence-corrected chi connectivity index (χ2v) is 14.7. The van der Waals surface area contributed by atoms with Gasteiger partial charge in [0, 0.05) is 81.4 Å². The molecule has 1 unspecified atom stereocenters. The van der Waals surface area contributed by atoms with Crippen molar-refractivity contribution in [2.75, 3.05) is 49.5 Å². The number of benzene rings is 3. The van der Waals surface area contributed by atoms with Crippen LogP contribution in [0.3, 0.4) is 0 Å². The van der Waals surface area contributed by atoms with Crippen LogP contribution in [0.4, 0.5) is 11.4 Å². The number of amides is 4. The van der Waals surface area contributed by atoms with Crippen molar-refractivity contribution in [3.05, 3.63) is 126 Å². The number of piperidine rings is 1. The third-order valence-corrected chi connectivity index (χ3v) is 11.0. The lowest BCUT2D eigenvalue weighted by molar-refractivity contribution is -0.136. The van der Waals surface area contributed by atoms with E-state index in [9.17, 15) is 19.2 Å². The summed E-state index contributed by atoms with van der Waals surface area (Å²) >= 11 is 0. The molecule has 59 heavy (non-hydrogen) atoms. The molecule has 5 heterocycles. The van der Waals surface area contributed by atoms with Crippen LogP contribution in [0, 0.1) is 0 Å². The monoisotopic (exact) mass is 795 g/mol. The molecule has 3 aromatic carbocycles. The number of nitrogens with one attached hydrogen (secondary N) is 3. The summed E-state index contributed by atoms with van der Waals surface area (Å²) in [6, 6.07) is 21.6. The Kier molecular flexibility index (Phi) is 11.4. The van der Waals surface area contributed by atoms with Crippen molar-refractivity contribution in [1.29, 1.82) is 0 Å². The number of piperazine rings is 1. The number of nitrogens with zero attached hydrogens (tertiary/aromatic N) is 8. The molecule has 8 rings (SSSR count). The maximum Gasteiger partial charge on any atom is 0.255 e. The van der Waals surface area contributed by atoms with Gasteiger partial charge in [0.2, 0.25) is 11.8 Å². The van der Waals surface area contributed by atoms with Crippen LogP contribution in [-0.2, 0) is 29.7 Å². The Labute approximate surface area is 341 Å². The number of ether oxygens (including phenoxy) is 1. The number of rotatable bonds is 14. The van der Waals surface area contributed by atoms with Crippen LogP contribution < -0.4 is 25.6 Å². The normalized spacial score (nSPS) is 17.3. The van der Waals surface area contributed by atoms with Crippen molar-refractivity contribution in [2.24, 2.45) is 7.05 Å². The minimum Gasteiger partial charge on any atom is -0.492 e. The highest BCUT2D eigenvalue weighted by atomic mass is 16.5. The van der Waals surface area contributed by atoms with Gasteiger partial charge in [-0.15, -0.1) is 16.8 Å². The zero-order valence-electron chi connectivity index (χ0n) is 32.7. The summed E-state index contributed by atoms with van der Waals surface area (Å²) in [5.41, 5.74) is 5.36. The number of anilines is 2. The fourth-order valence-electron chi connectivity index (χ4n) is 7.69. The lowest BCUT2D eigenvalue weighted by Gasteiger charge is -2.36. The SMILES string of the molecule is C=C[C@@H](NC(=O)c1cccc(NCc2nnc(-c3ccncn3)n2C)c1)c1cccc(OCCN2CCN(c3ccc4c(c3)CN(C3CCC(=O)NC3=O)C4=O)CC2)c1. The standard InChI is InChI=1S/C43H45N11O5/c1-3-35(47-41(56)29-7-4-8-31(22-29)45-25-38-49-50-40(51(38)2)36-14-15-44-27-46-36)28-6-5-9-33(24-28)59-21-20-52-16-18-53(19-17-52)32-10-11-34-30(23-32)26-54(43(34)58)37-12-13-39(55)48-42(37)57/h3-11,14-15,22-24,27,35,37,45H,1,12-13,16-21,25-26H2,2H3,(H,47,56)(H,48,55,57)/t35-,37?/m1/s1. The molecule has 3 aliphatic heterocycles. The van der Waals surface area contributed by atoms with Gasteiger partial charge in [-0.25, -0.2) is 9.97 Å². The molecule has 2 atom stereocenters. The largest absolute Gasteiger partial charge is 0.492 e. The minimum absolute atomic E-state index is 0.164. The Morgan fingerprint density at radius 3 is 2.66 bits per heavy atom. The Balaban J connectivity index is 0.796. The van der Waals surface area contributed by atoms with Gasteiger partial charge in [-0.2, -0.15) is 0 Å². The predicted octanol–water partition coefficient (Wildman–Crippen LogP) is 3.50. The van der Waals surface area contributed by atoms with E-state index in [-0.39, 0.29) is 24.1 Å². The second kappa shape index (κ2) is 17.3. The topological polar surface area (TPSA) is 180 Å². The molecule has 2 aromatic heterocycles.